The first kappa shape index (κ1) is 16.5. The summed E-state index contributed by atoms with van der Waals surface area (Å²) < 4.78 is 8.05. The molecule has 2 aromatic carbocycles. The number of benzene rings is 2. The summed E-state index contributed by atoms with van der Waals surface area (Å²) in [6, 6.07) is 18.4. The van der Waals surface area contributed by atoms with Gasteiger partial charge in [0.2, 0.25) is 0 Å². The van der Waals surface area contributed by atoms with Crippen molar-refractivity contribution in [2.75, 3.05) is 6.61 Å². The van der Waals surface area contributed by atoms with Crippen molar-refractivity contribution in [2.24, 2.45) is 5.73 Å². The van der Waals surface area contributed by atoms with E-state index in [-0.39, 0.29) is 6.04 Å². The van der Waals surface area contributed by atoms with Crippen molar-refractivity contribution in [2.45, 2.75) is 38.8 Å². The highest BCUT2D eigenvalue weighted by Crippen LogP contribution is 2.18. The van der Waals surface area contributed by atoms with Crippen molar-refractivity contribution in [3.8, 4) is 5.75 Å². The maximum atomic E-state index is 6.18. The topological polar surface area (TPSA) is 53.1 Å². The molecule has 0 fully saturated rings. The van der Waals surface area contributed by atoms with Crippen LogP contribution in [0.3, 0.4) is 0 Å². The number of para-hydroxylation sites is 3. The van der Waals surface area contributed by atoms with Crippen LogP contribution in [0.4, 0.5) is 0 Å². The summed E-state index contributed by atoms with van der Waals surface area (Å²) in [6.07, 6.45) is 2.78. The maximum Gasteiger partial charge on any atom is 0.119 e. The van der Waals surface area contributed by atoms with Crippen LogP contribution < -0.4 is 10.5 Å². The van der Waals surface area contributed by atoms with E-state index in [0.717, 1.165) is 42.9 Å². The average molecular weight is 323 g/mol. The summed E-state index contributed by atoms with van der Waals surface area (Å²) >= 11 is 0. The Morgan fingerprint density at radius 3 is 2.62 bits per heavy atom. The maximum absolute atomic E-state index is 6.18. The van der Waals surface area contributed by atoms with Crippen molar-refractivity contribution in [1.29, 1.82) is 0 Å². The molecule has 0 aliphatic heterocycles. The first-order valence-corrected chi connectivity index (χ1v) is 8.65. The fourth-order valence-electron chi connectivity index (χ4n) is 2.82. The van der Waals surface area contributed by atoms with Gasteiger partial charge in [0, 0.05) is 19.0 Å². The minimum atomic E-state index is 0.155. The Balaban J connectivity index is 1.67. The van der Waals surface area contributed by atoms with Gasteiger partial charge in [-0.05, 0) is 37.1 Å². The predicted molar refractivity (Wildman–Crippen MR) is 98.3 cm³/mol. The molecule has 0 radical (unpaired) electrons. The van der Waals surface area contributed by atoms with Gasteiger partial charge in [-0.2, -0.15) is 0 Å². The van der Waals surface area contributed by atoms with Crippen LogP contribution >= 0.6 is 0 Å². The van der Waals surface area contributed by atoms with Crippen molar-refractivity contribution in [3.05, 3.63) is 60.4 Å². The highest BCUT2D eigenvalue weighted by molar-refractivity contribution is 5.75. The molecule has 0 amide bonds. The molecule has 126 valence electrons. The van der Waals surface area contributed by atoms with E-state index in [1.54, 1.807) is 0 Å². The van der Waals surface area contributed by atoms with Crippen LogP contribution in [0.25, 0.3) is 11.0 Å². The van der Waals surface area contributed by atoms with Gasteiger partial charge < -0.3 is 15.0 Å². The third kappa shape index (κ3) is 3.95. The average Bonchev–Trinajstić information content (AvgIpc) is 2.97. The summed E-state index contributed by atoms with van der Waals surface area (Å²) in [6.45, 7) is 3.62. The summed E-state index contributed by atoms with van der Waals surface area (Å²) in [7, 11) is 0. The summed E-state index contributed by atoms with van der Waals surface area (Å²) in [4.78, 5) is 4.80. The number of rotatable bonds is 8. The minimum absolute atomic E-state index is 0.155. The van der Waals surface area contributed by atoms with Gasteiger partial charge in [-0.15, -0.1) is 0 Å². The van der Waals surface area contributed by atoms with Crippen molar-refractivity contribution in [3.63, 3.8) is 0 Å². The van der Waals surface area contributed by atoms with Crippen molar-refractivity contribution < 1.29 is 4.74 Å². The number of fused-ring (bicyclic) bond motifs is 1. The van der Waals surface area contributed by atoms with E-state index in [1.165, 1.54) is 5.52 Å². The molecule has 1 atom stereocenters. The molecular formula is C20H25N3O. The number of hydrogen-bond acceptors (Lipinski definition) is 3. The lowest BCUT2D eigenvalue weighted by Gasteiger charge is -2.14. The smallest absolute Gasteiger partial charge is 0.119 e. The Hall–Kier alpha value is -2.33. The minimum Gasteiger partial charge on any atom is -0.494 e. The molecule has 0 spiro atoms. The Morgan fingerprint density at radius 1 is 1.08 bits per heavy atom. The van der Waals surface area contributed by atoms with Crippen LogP contribution in [-0.2, 0) is 13.0 Å². The lowest BCUT2D eigenvalue weighted by molar-refractivity contribution is 0.309. The first-order chi connectivity index (χ1) is 11.8. The summed E-state index contributed by atoms with van der Waals surface area (Å²) in [5.74, 6) is 2.01. The second-order valence-corrected chi connectivity index (χ2v) is 6.06. The molecule has 4 nitrogen and oxygen atoms in total. The van der Waals surface area contributed by atoms with E-state index < -0.39 is 0 Å². The molecule has 1 aromatic heterocycles. The molecule has 0 aliphatic rings. The van der Waals surface area contributed by atoms with Crippen LogP contribution in [0, 0.1) is 0 Å². The fraction of sp³-hybridized carbons (Fsp3) is 0.350. The van der Waals surface area contributed by atoms with Crippen LogP contribution in [0.15, 0.2) is 54.6 Å². The summed E-state index contributed by atoms with van der Waals surface area (Å²) in [5, 5.41) is 0. The predicted octanol–water partition coefficient (Wildman–Crippen LogP) is 3.79. The third-order valence-corrected chi connectivity index (χ3v) is 4.23. The van der Waals surface area contributed by atoms with Crippen LogP contribution in [0.5, 0.6) is 5.75 Å². The first-order valence-electron chi connectivity index (χ1n) is 8.65. The van der Waals surface area contributed by atoms with Gasteiger partial charge in [-0.25, -0.2) is 4.98 Å². The summed E-state index contributed by atoms with van der Waals surface area (Å²) in [5.41, 5.74) is 8.39. The highest BCUT2D eigenvalue weighted by Gasteiger charge is 2.12. The zero-order chi connectivity index (χ0) is 16.8. The van der Waals surface area contributed by atoms with Crippen molar-refractivity contribution >= 4 is 11.0 Å². The molecule has 1 heterocycles. The fourth-order valence-corrected chi connectivity index (χ4v) is 2.82. The van der Waals surface area contributed by atoms with E-state index in [4.69, 9.17) is 15.5 Å². The van der Waals surface area contributed by atoms with E-state index in [2.05, 4.69) is 29.7 Å². The highest BCUT2D eigenvalue weighted by atomic mass is 16.5. The third-order valence-electron chi connectivity index (χ3n) is 4.23. The van der Waals surface area contributed by atoms with E-state index >= 15 is 0 Å². The lowest BCUT2D eigenvalue weighted by Crippen LogP contribution is -2.26. The second kappa shape index (κ2) is 7.97. The molecule has 0 bridgehead atoms. The molecule has 2 N–H and O–H groups in total. The Labute approximate surface area is 143 Å². The SMILES string of the molecule is CCC(N)Cn1c(CCCOc2ccccc2)nc2ccccc21. The molecule has 0 aliphatic carbocycles. The Morgan fingerprint density at radius 2 is 1.83 bits per heavy atom. The zero-order valence-corrected chi connectivity index (χ0v) is 14.2. The molecule has 0 saturated heterocycles. The van der Waals surface area contributed by atoms with E-state index in [1.807, 2.05) is 36.4 Å². The largest absolute Gasteiger partial charge is 0.494 e. The number of nitrogens with zero attached hydrogens (tertiary/aromatic N) is 2. The van der Waals surface area contributed by atoms with Gasteiger partial charge in [-0.1, -0.05) is 37.3 Å². The van der Waals surface area contributed by atoms with Gasteiger partial charge in [0.15, 0.2) is 0 Å². The number of ether oxygens (including phenoxy) is 1. The van der Waals surface area contributed by atoms with Gasteiger partial charge in [0.05, 0.1) is 17.6 Å². The normalized spacial score (nSPS) is 12.4. The Kier molecular flexibility index (Phi) is 5.49. The number of hydrogen-bond donors (Lipinski definition) is 1. The number of nitrogens with two attached hydrogens (primary N) is 1. The van der Waals surface area contributed by atoms with Crippen LogP contribution in [0.1, 0.15) is 25.6 Å². The van der Waals surface area contributed by atoms with Crippen LogP contribution in [0.2, 0.25) is 0 Å². The molecular weight excluding hydrogens is 298 g/mol. The number of aryl methyl sites for hydroxylation is 1. The molecule has 4 heteroatoms. The van der Waals surface area contributed by atoms with E-state index in [9.17, 15) is 0 Å². The lowest BCUT2D eigenvalue weighted by atomic mass is 10.2. The Bertz CT molecular complexity index is 767. The molecule has 24 heavy (non-hydrogen) atoms. The van der Waals surface area contributed by atoms with Gasteiger partial charge in [0.1, 0.15) is 11.6 Å². The second-order valence-electron chi connectivity index (χ2n) is 6.06. The molecule has 3 aromatic rings. The van der Waals surface area contributed by atoms with Gasteiger partial charge >= 0.3 is 0 Å². The van der Waals surface area contributed by atoms with Crippen LogP contribution in [-0.4, -0.2) is 22.2 Å². The number of imidazole rings is 1. The monoisotopic (exact) mass is 323 g/mol. The van der Waals surface area contributed by atoms with Gasteiger partial charge in [-0.3, -0.25) is 0 Å². The number of aromatic nitrogens is 2. The van der Waals surface area contributed by atoms with Gasteiger partial charge in [0.25, 0.3) is 0 Å². The van der Waals surface area contributed by atoms with Crippen molar-refractivity contribution in [1.82, 2.24) is 9.55 Å². The quantitative estimate of drug-likeness (QED) is 0.642. The zero-order valence-electron chi connectivity index (χ0n) is 14.2. The molecule has 3 rings (SSSR count). The molecule has 0 saturated carbocycles. The molecule has 1 unspecified atom stereocenters. The standard InChI is InChI=1S/C20H25N3O/c1-2-16(21)15-23-19-12-7-6-11-18(19)22-20(23)13-8-14-24-17-9-4-3-5-10-17/h3-7,9-12,16H,2,8,13-15,21H2,1H3. The van der Waals surface area contributed by atoms with E-state index in [0.29, 0.717) is 6.61 Å².